The van der Waals surface area contributed by atoms with Gasteiger partial charge in [0.25, 0.3) is 0 Å². The summed E-state index contributed by atoms with van der Waals surface area (Å²) in [5, 5.41) is 18.8. The van der Waals surface area contributed by atoms with Gasteiger partial charge in [-0.3, -0.25) is 0 Å². The lowest BCUT2D eigenvalue weighted by molar-refractivity contribution is -0.0945. The highest BCUT2D eigenvalue weighted by Gasteiger charge is 2.39. The number of hydrogen-bond donors (Lipinski definition) is 2. The average molecular weight is 146 g/mol. The zero-order valence-corrected chi connectivity index (χ0v) is 6.21. The first-order chi connectivity index (χ1) is 4.69. The van der Waals surface area contributed by atoms with Crippen molar-refractivity contribution in [2.24, 2.45) is 0 Å². The third-order valence-corrected chi connectivity index (χ3v) is 2.10. The quantitative estimate of drug-likeness (QED) is 0.572. The summed E-state index contributed by atoms with van der Waals surface area (Å²) in [6.45, 7) is 0.244. The molecule has 0 saturated heterocycles. The number of hydrogen-bond acceptors (Lipinski definition) is 3. The van der Waals surface area contributed by atoms with Crippen molar-refractivity contribution >= 4 is 0 Å². The van der Waals surface area contributed by atoms with Crippen molar-refractivity contribution in [1.29, 1.82) is 0 Å². The molecule has 10 heavy (non-hydrogen) atoms. The molecule has 2 atom stereocenters. The van der Waals surface area contributed by atoms with E-state index in [0.29, 0.717) is 12.8 Å². The minimum absolute atomic E-state index is 0.244. The number of ether oxygens (including phenoxy) is 1. The van der Waals surface area contributed by atoms with Gasteiger partial charge in [0, 0.05) is 7.11 Å². The fourth-order valence-electron chi connectivity index (χ4n) is 1.46. The first-order valence-corrected chi connectivity index (χ1v) is 3.58. The molecule has 0 aliphatic heterocycles. The van der Waals surface area contributed by atoms with Crippen molar-refractivity contribution in [1.82, 2.24) is 0 Å². The fourth-order valence-corrected chi connectivity index (χ4v) is 1.46. The van der Waals surface area contributed by atoms with Crippen LogP contribution in [-0.2, 0) is 4.74 Å². The highest BCUT2D eigenvalue weighted by Crippen LogP contribution is 2.29. The standard InChI is InChI=1S/C7H14O3/c1-10-5-7(9)4-2-3-6(7)8/h6,8-9H,2-5H2,1H3. The summed E-state index contributed by atoms with van der Waals surface area (Å²) in [4.78, 5) is 0. The number of rotatable bonds is 2. The zero-order chi connectivity index (χ0) is 7.61. The summed E-state index contributed by atoms with van der Waals surface area (Å²) in [6.07, 6.45) is 1.65. The van der Waals surface area contributed by atoms with Gasteiger partial charge in [0.1, 0.15) is 5.60 Å². The van der Waals surface area contributed by atoms with E-state index in [1.807, 2.05) is 0 Å². The van der Waals surface area contributed by atoms with Crippen LogP contribution in [0.15, 0.2) is 0 Å². The lowest BCUT2D eigenvalue weighted by atomic mass is 10.0. The van der Waals surface area contributed by atoms with E-state index in [-0.39, 0.29) is 6.61 Å². The van der Waals surface area contributed by atoms with Crippen molar-refractivity contribution in [3.05, 3.63) is 0 Å². The highest BCUT2D eigenvalue weighted by molar-refractivity contribution is 4.91. The van der Waals surface area contributed by atoms with E-state index in [9.17, 15) is 10.2 Å². The van der Waals surface area contributed by atoms with E-state index >= 15 is 0 Å². The molecule has 0 amide bonds. The number of aliphatic hydroxyl groups excluding tert-OH is 1. The smallest absolute Gasteiger partial charge is 0.114 e. The van der Waals surface area contributed by atoms with Gasteiger partial charge in [0.05, 0.1) is 12.7 Å². The molecule has 3 heteroatoms. The lowest BCUT2D eigenvalue weighted by Crippen LogP contribution is -2.41. The maximum atomic E-state index is 9.58. The van der Waals surface area contributed by atoms with Gasteiger partial charge in [0.2, 0.25) is 0 Å². The van der Waals surface area contributed by atoms with E-state index in [1.54, 1.807) is 0 Å². The van der Waals surface area contributed by atoms with Crippen LogP contribution < -0.4 is 0 Å². The van der Waals surface area contributed by atoms with Crippen molar-refractivity contribution in [2.75, 3.05) is 13.7 Å². The molecule has 1 fully saturated rings. The zero-order valence-electron chi connectivity index (χ0n) is 6.21. The summed E-state index contributed by atoms with van der Waals surface area (Å²) >= 11 is 0. The fraction of sp³-hybridized carbons (Fsp3) is 1.00. The largest absolute Gasteiger partial charge is 0.390 e. The van der Waals surface area contributed by atoms with Gasteiger partial charge in [-0.25, -0.2) is 0 Å². The van der Waals surface area contributed by atoms with Crippen LogP contribution in [0.25, 0.3) is 0 Å². The van der Waals surface area contributed by atoms with Crippen LogP contribution in [0.2, 0.25) is 0 Å². The van der Waals surface area contributed by atoms with E-state index < -0.39 is 11.7 Å². The Hall–Kier alpha value is -0.120. The van der Waals surface area contributed by atoms with Gasteiger partial charge in [-0.2, -0.15) is 0 Å². The lowest BCUT2D eigenvalue weighted by Gasteiger charge is -2.24. The Labute approximate surface area is 60.6 Å². The molecule has 0 aromatic heterocycles. The van der Waals surface area contributed by atoms with Gasteiger partial charge in [-0.15, -0.1) is 0 Å². The van der Waals surface area contributed by atoms with Crippen LogP contribution in [0.3, 0.4) is 0 Å². The second-order valence-electron chi connectivity index (χ2n) is 2.94. The number of methoxy groups -OCH3 is 1. The summed E-state index contributed by atoms with van der Waals surface area (Å²) in [5.74, 6) is 0. The minimum Gasteiger partial charge on any atom is -0.390 e. The molecular formula is C7H14O3. The Balaban J connectivity index is 2.48. The minimum atomic E-state index is -0.964. The monoisotopic (exact) mass is 146 g/mol. The van der Waals surface area contributed by atoms with Crippen LogP contribution in [-0.4, -0.2) is 35.6 Å². The van der Waals surface area contributed by atoms with Gasteiger partial charge in [-0.1, -0.05) is 0 Å². The predicted octanol–water partition coefficient (Wildman–Crippen LogP) is -0.0913. The molecule has 0 bridgehead atoms. The maximum Gasteiger partial charge on any atom is 0.114 e. The first-order valence-electron chi connectivity index (χ1n) is 3.58. The van der Waals surface area contributed by atoms with Crippen LogP contribution >= 0.6 is 0 Å². The normalized spacial score (nSPS) is 40.5. The Morgan fingerprint density at radius 3 is 2.80 bits per heavy atom. The Morgan fingerprint density at radius 1 is 1.70 bits per heavy atom. The molecular weight excluding hydrogens is 132 g/mol. The van der Waals surface area contributed by atoms with Crippen LogP contribution in [0.1, 0.15) is 19.3 Å². The topological polar surface area (TPSA) is 49.7 Å². The Morgan fingerprint density at radius 2 is 2.40 bits per heavy atom. The molecule has 1 aliphatic carbocycles. The highest BCUT2D eigenvalue weighted by atomic mass is 16.5. The van der Waals surface area contributed by atoms with Crippen molar-refractivity contribution in [2.45, 2.75) is 31.0 Å². The van der Waals surface area contributed by atoms with Gasteiger partial charge < -0.3 is 14.9 Å². The summed E-state index contributed by atoms with van der Waals surface area (Å²) in [6, 6.07) is 0. The Bertz CT molecular complexity index is 115. The van der Waals surface area contributed by atoms with Crippen molar-refractivity contribution < 1.29 is 14.9 Å². The summed E-state index contributed by atoms with van der Waals surface area (Å²) in [5.41, 5.74) is -0.964. The van der Waals surface area contributed by atoms with E-state index in [2.05, 4.69) is 0 Å². The third-order valence-electron chi connectivity index (χ3n) is 2.10. The second-order valence-corrected chi connectivity index (χ2v) is 2.94. The molecule has 0 heterocycles. The molecule has 1 saturated carbocycles. The maximum absolute atomic E-state index is 9.58. The average Bonchev–Trinajstić information content (AvgIpc) is 2.15. The molecule has 0 aromatic carbocycles. The first kappa shape index (κ1) is 7.98. The molecule has 2 N–H and O–H groups in total. The summed E-state index contributed by atoms with van der Waals surface area (Å²) in [7, 11) is 1.53. The van der Waals surface area contributed by atoms with Crippen LogP contribution in [0.4, 0.5) is 0 Å². The van der Waals surface area contributed by atoms with Crippen molar-refractivity contribution in [3.63, 3.8) is 0 Å². The van der Waals surface area contributed by atoms with Crippen LogP contribution in [0, 0.1) is 0 Å². The van der Waals surface area contributed by atoms with E-state index in [4.69, 9.17) is 4.74 Å². The molecule has 1 rings (SSSR count). The molecule has 60 valence electrons. The molecule has 1 aliphatic rings. The van der Waals surface area contributed by atoms with Crippen molar-refractivity contribution in [3.8, 4) is 0 Å². The second kappa shape index (κ2) is 2.86. The molecule has 3 nitrogen and oxygen atoms in total. The Kier molecular flexibility index (Phi) is 2.28. The third kappa shape index (κ3) is 1.31. The molecule has 0 spiro atoms. The molecule has 0 radical (unpaired) electrons. The van der Waals surface area contributed by atoms with Gasteiger partial charge in [-0.05, 0) is 19.3 Å². The van der Waals surface area contributed by atoms with Gasteiger partial charge >= 0.3 is 0 Å². The van der Waals surface area contributed by atoms with Gasteiger partial charge in [0.15, 0.2) is 0 Å². The van der Waals surface area contributed by atoms with E-state index in [1.165, 1.54) is 7.11 Å². The van der Waals surface area contributed by atoms with Crippen LogP contribution in [0.5, 0.6) is 0 Å². The number of aliphatic hydroxyl groups is 2. The molecule has 2 unspecified atom stereocenters. The SMILES string of the molecule is COCC1(O)CCCC1O. The predicted molar refractivity (Wildman–Crippen MR) is 36.7 cm³/mol. The molecule has 0 aromatic rings. The summed E-state index contributed by atoms with van der Waals surface area (Å²) < 4.78 is 4.79. The van der Waals surface area contributed by atoms with E-state index in [0.717, 1.165) is 6.42 Å².